The van der Waals surface area contributed by atoms with Crippen molar-refractivity contribution in [1.82, 2.24) is 4.98 Å². The molecule has 0 unspecified atom stereocenters. The number of rotatable bonds is 2. The molecule has 1 aromatic rings. The maximum atomic E-state index is 12.2. The molecule has 0 spiro atoms. The molecule has 13 heavy (non-hydrogen) atoms. The third-order valence-electron chi connectivity index (χ3n) is 1.40. The van der Waals surface area contributed by atoms with E-state index in [1.807, 2.05) is 0 Å². The van der Waals surface area contributed by atoms with E-state index in [2.05, 4.69) is 4.98 Å². The summed E-state index contributed by atoms with van der Waals surface area (Å²) in [7, 11) is 0. The van der Waals surface area contributed by atoms with Gasteiger partial charge in [0.2, 0.25) is 0 Å². The largest absolute Gasteiger partial charge is 0.383 e. The summed E-state index contributed by atoms with van der Waals surface area (Å²) in [5, 5.41) is -0.246. The lowest BCUT2D eigenvalue weighted by molar-refractivity contribution is 0.111. The predicted octanol–water partition coefficient (Wildman–Crippen LogP) is 2.07. The number of aldehydes is 1. The van der Waals surface area contributed by atoms with Crippen LogP contribution >= 0.6 is 11.6 Å². The minimum absolute atomic E-state index is 0.0631. The average molecular weight is 207 g/mol. The summed E-state index contributed by atoms with van der Waals surface area (Å²) in [6.45, 7) is 0. The molecule has 6 heteroatoms. The van der Waals surface area contributed by atoms with Gasteiger partial charge in [-0.25, -0.2) is 13.8 Å². The Morgan fingerprint density at radius 2 is 2.23 bits per heavy atom. The summed E-state index contributed by atoms with van der Waals surface area (Å²) < 4.78 is 24.5. The van der Waals surface area contributed by atoms with Crippen LogP contribution < -0.4 is 5.73 Å². The molecule has 1 heterocycles. The number of aromatic nitrogens is 1. The zero-order chi connectivity index (χ0) is 10.0. The lowest BCUT2D eigenvalue weighted by Crippen LogP contribution is -2.02. The zero-order valence-electron chi connectivity index (χ0n) is 6.30. The van der Waals surface area contributed by atoms with Crippen LogP contribution in [0.5, 0.6) is 0 Å². The van der Waals surface area contributed by atoms with Gasteiger partial charge in [-0.15, -0.1) is 0 Å². The van der Waals surface area contributed by atoms with Crippen molar-refractivity contribution in [2.24, 2.45) is 0 Å². The van der Waals surface area contributed by atoms with Crippen LogP contribution in [0.25, 0.3) is 0 Å². The molecule has 0 bridgehead atoms. The Hall–Kier alpha value is -1.23. The minimum atomic E-state index is -2.79. The van der Waals surface area contributed by atoms with E-state index in [0.29, 0.717) is 6.29 Å². The number of hydrogen-bond acceptors (Lipinski definition) is 3. The molecule has 2 N–H and O–H groups in total. The van der Waals surface area contributed by atoms with Gasteiger partial charge in [-0.1, -0.05) is 11.6 Å². The van der Waals surface area contributed by atoms with E-state index < -0.39 is 17.8 Å². The van der Waals surface area contributed by atoms with Gasteiger partial charge in [-0.3, -0.25) is 4.79 Å². The number of carbonyl (C=O) groups excluding carboxylic acids is 1. The number of nitrogen functional groups attached to an aromatic ring is 1. The van der Waals surface area contributed by atoms with E-state index in [9.17, 15) is 13.6 Å². The van der Waals surface area contributed by atoms with Gasteiger partial charge < -0.3 is 5.73 Å². The molecular weight excluding hydrogens is 202 g/mol. The van der Waals surface area contributed by atoms with E-state index in [0.717, 1.165) is 6.07 Å². The monoisotopic (exact) mass is 206 g/mol. The van der Waals surface area contributed by atoms with Crippen LogP contribution in [0.15, 0.2) is 6.07 Å². The first-order valence-electron chi connectivity index (χ1n) is 3.25. The van der Waals surface area contributed by atoms with Gasteiger partial charge in [-0.2, -0.15) is 0 Å². The van der Waals surface area contributed by atoms with Crippen LogP contribution in [0.4, 0.5) is 14.6 Å². The van der Waals surface area contributed by atoms with Crippen molar-refractivity contribution in [3.63, 3.8) is 0 Å². The molecule has 0 aliphatic rings. The second-order valence-corrected chi connectivity index (χ2v) is 2.65. The van der Waals surface area contributed by atoms with Crippen molar-refractivity contribution in [2.45, 2.75) is 6.43 Å². The number of alkyl halides is 2. The molecule has 0 fully saturated rings. The maximum Gasteiger partial charge on any atom is 0.268 e. The second-order valence-electron chi connectivity index (χ2n) is 2.25. The van der Waals surface area contributed by atoms with Crippen LogP contribution in [0.3, 0.4) is 0 Å². The van der Waals surface area contributed by atoms with Crippen LogP contribution in [0, 0.1) is 0 Å². The fraction of sp³-hybridized carbons (Fsp3) is 0.143. The molecule has 0 saturated heterocycles. The normalized spacial score (nSPS) is 10.5. The highest BCUT2D eigenvalue weighted by Crippen LogP contribution is 2.30. The highest BCUT2D eigenvalue weighted by atomic mass is 35.5. The molecule has 0 radical (unpaired) electrons. The van der Waals surface area contributed by atoms with E-state index in [1.54, 1.807) is 0 Å². The van der Waals surface area contributed by atoms with Crippen molar-refractivity contribution in [2.75, 3.05) is 5.73 Å². The summed E-state index contributed by atoms with van der Waals surface area (Å²) in [4.78, 5) is 13.6. The third-order valence-corrected chi connectivity index (χ3v) is 1.71. The smallest absolute Gasteiger partial charge is 0.268 e. The Morgan fingerprint density at radius 1 is 1.62 bits per heavy atom. The second kappa shape index (κ2) is 3.66. The van der Waals surface area contributed by atoms with Crippen molar-refractivity contribution in [1.29, 1.82) is 0 Å². The van der Waals surface area contributed by atoms with Crippen molar-refractivity contribution in [3.05, 3.63) is 22.3 Å². The van der Waals surface area contributed by atoms with Gasteiger partial charge in [0.15, 0.2) is 6.29 Å². The van der Waals surface area contributed by atoms with E-state index >= 15 is 0 Å². The topological polar surface area (TPSA) is 56.0 Å². The molecule has 3 nitrogen and oxygen atoms in total. The Kier molecular flexibility index (Phi) is 2.77. The van der Waals surface area contributed by atoms with Crippen LogP contribution in [-0.2, 0) is 0 Å². The minimum Gasteiger partial charge on any atom is -0.383 e. The molecule has 0 atom stereocenters. The molecule has 0 saturated carbocycles. The molecule has 1 aromatic heterocycles. The molecular formula is C7H5ClF2N2O. The SMILES string of the molecule is Nc1nc(C=O)cc(Cl)c1C(F)F. The van der Waals surface area contributed by atoms with E-state index in [4.69, 9.17) is 17.3 Å². The van der Waals surface area contributed by atoms with Gasteiger partial charge in [-0.05, 0) is 6.07 Å². The molecule has 1 rings (SSSR count). The van der Waals surface area contributed by atoms with Gasteiger partial charge in [0.05, 0.1) is 10.6 Å². The maximum absolute atomic E-state index is 12.2. The van der Waals surface area contributed by atoms with Crippen LogP contribution in [0.2, 0.25) is 5.02 Å². The first-order chi connectivity index (χ1) is 6.06. The molecule has 0 amide bonds. The average Bonchev–Trinajstić information content (AvgIpc) is 2.02. The van der Waals surface area contributed by atoms with E-state index in [-0.39, 0.29) is 10.7 Å². The summed E-state index contributed by atoms with van der Waals surface area (Å²) in [5.74, 6) is -0.412. The summed E-state index contributed by atoms with van der Waals surface area (Å²) in [6.07, 6.45) is -2.40. The fourth-order valence-electron chi connectivity index (χ4n) is 0.838. The van der Waals surface area contributed by atoms with Crippen LogP contribution in [-0.4, -0.2) is 11.3 Å². The third kappa shape index (κ3) is 1.92. The number of carbonyl (C=O) groups is 1. The van der Waals surface area contributed by atoms with Crippen molar-refractivity contribution >= 4 is 23.7 Å². The summed E-state index contributed by atoms with van der Waals surface area (Å²) in [5.41, 5.74) is 4.57. The Balaban J connectivity index is 3.31. The summed E-state index contributed by atoms with van der Waals surface area (Å²) >= 11 is 5.45. The highest BCUT2D eigenvalue weighted by Gasteiger charge is 2.17. The summed E-state index contributed by atoms with van der Waals surface area (Å²) in [6, 6.07) is 1.05. The first kappa shape index (κ1) is 9.85. The predicted molar refractivity (Wildman–Crippen MR) is 44.0 cm³/mol. The van der Waals surface area contributed by atoms with Crippen molar-refractivity contribution in [3.8, 4) is 0 Å². The van der Waals surface area contributed by atoms with Crippen LogP contribution in [0.1, 0.15) is 22.5 Å². The fourth-order valence-corrected chi connectivity index (χ4v) is 1.13. The standard InChI is InChI=1S/C7H5ClF2N2O/c8-4-1-3(2-13)12-7(11)5(4)6(9)10/h1-2,6H,(H2,11,12). The highest BCUT2D eigenvalue weighted by molar-refractivity contribution is 6.32. The molecule has 0 aliphatic carbocycles. The molecule has 0 aliphatic heterocycles. The lowest BCUT2D eigenvalue weighted by Gasteiger charge is -2.05. The number of hydrogen-bond donors (Lipinski definition) is 1. The molecule has 70 valence electrons. The Bertz CT molecular complexity index is 320. The van der Waals surface area contributed by atoms with Gasteiger partial charge in [0.1, 0.15) is 11.5 Å². The van der Waals surface area contributed by atoms with Gasteiger partial charge in [0.25, 0.3) is 6.43 Å². The van der Waals surface area contributed by atoms with Gasteiger partial charge >= 0.3 is 0 Å². The zero-order valence-corrected chi connectivity index (χ0v) is 7.05. The number of nitrogens with zero attached hydrogens (tertiary/aromatic N) is 1. The van der Waals surface area contributed by atoms with Gasteiger partial charge in [0, 0.05) is 0 Å². The molecule has 0 aromatic carbocycles. The first-order valence-corrected chi connectivity index (χ1v) is 3.63. The number of nitrogens with two attached hydrogens (primary N) is 1. The van der Waals surface area contributed by atoms with Crippen molar-refractivity contribution < 1.29 is 13.6 Å². The number of halogens is 3. The lowest BCUT2D eigenvalue weighted by atomic mass is 10.2. The Morgan fingerprint density at radius 3 is 2.62 bits per heavy atom. The quantitative estimate of drug-likeness (QED) is 0.754. The van der Waals surface area contributed by atoms with E-state index in [1.165, 1.54) is 0 Å². The number of pyridine rings is 1. The number of anilines is 1. The Labute approximate surface area is 77.5 Å².